The predicted octanol–water partition coefficient (Wildman–Crippen LogP) is 3.12. The number of carbonyl (C=O) groups excluding carboxylic acids is 1. The average Bonchev–Trinajstić information content (AvgIpc) is 2.90. The van der Waals surface area contributed by atoms with Gasteiger partial charge in [-0.1, -0.05) is 11.6 Å². The quantitative estimate of drug-likeness (QED) is 0.849. The van der Waals surface area contributed by atoms with E-state index in [9.17, 15) is 4.79 Å². The van der Waals surface area contributed by atoms with Crippen LogP contribution in [0.25, 0.3) is 0 Å². The van der Waals surface area contributed by atoms with E-state index in [1.54, 1.807) is 30.7 Å². The summed E-state index contributed by atoms with van der Waals surface area (Å²) < 4.78 is 2.71. The van der Waals surface area contributed by atoms with E-state index in [2.05, 4.69) is 26.2 Å². The minimum absolute atomic E-state index is 0.125. The van der Waals surface area contributed by atoms with Gasteiger partial charge in [0, 0.05) is 35.0 Å². The van der Waals surface area contributed by atoms with Gasteiger partial charge in [-0.25, -0.2) is 4.98 Å². The lowest BCUT2D eigenvalue weighted by atomic mass is 10.2. The van der Waals surface area contributed by atoms with Crippen LogP contribution >= 0.6 is 27.5 Å². The molecule has 1 heterocycles. The summed E-state index contributed by atoms with van der Waals surface area (Å²) in [5.74, 6) is -0.125. The Bertz CT molecular complexity index is 557. The first-order valence-electron chi connectivity index (χ1n) is 5.86. The van der Waals surface area contributed by atoms with E-state index >= 15 is 0 Å². The van der Waals surface area contributed by atoms with Gasteiger partial charge in [0.1, 0.15) is 0 Å². The van der Waals surface area contributed by atoms with Crippen LogP contribution in [0, 0.1) is 0 Å². The molecule has 0 fully saturated rings. The molecule has 2 aromatic rings. The van der Waals surface area contributed by atoms with Gasteiger partial charge in [0.05, 0.1) is 11.9 Å². The van der Waals surface area contributed by atoms with Crippen molar-refractivity contribution in [3.05, 3.63) is 52.0 Å². The van der Waals surface area contributed by atoms with Crippen molar-refractivity contribution in [2.75, 3.05) is 6.54 Å². The van der Waals surface area contributed by atoms with E-state index in [1.165, 1.54) is 0 Å². The molecule has 6 heteroatoms. The van der Waals surface area contributed by atoms with Crippen LogP contribution in [0.4, 0.5) is 0 Å². The highest BCUT2D eigenvalue weighted by Gasteiger charge is 2.09. The summed E-state index contributed by atoms with van der Waals surface area (Å²) in [6, 6.07) is 5.15. The van der Waals surface area contributed by atoms with E-state index in [-0.39, 0.29) is 5.91 Å². The SMILES string of the molecule is O=C(NCCCn1ccnc1)c1cc(Cl)ccc1Br. The second kappa shape index (κ2) is 6.73. The summed E-state index contributed by atoms with van der Waals surface area (Å²) >= 11 is 9.22. The molecule has 1 N–H and O–H groups in total. The maximum Gasteiger partial charge on any atom is 0.252 e. The molecule has 2 rings (SSSR count). The smallest absolute Gasteiger partial charge is 0.252 e. The number of amides is 1. The van der Waals surface area contributed by atoms with Gasteiger partial charge in [-0.05, 0) is 40.5 Å². The Morgan fingerprint density at radius 2 is 2.32 bits per heavy atom. The highest BCUT2D eigenvalue weighted by atomic mass is 79.9. The van der Waals surface area contributed by atoms with E-state index < -0.39 is 0 Å². The molecule has 0 saturated heterocycles. The lowest BCUT2D eigenvalue weighted by Gasteiger charge is -2.07. The van der Waals surface area contributed by atoms with E-state index in [0.717, 1.165) is 17.4 Å². The molecule has 4 nitrogen and oxygen atoms in total. The number of nitrogens with zero attached hydrogens (tertiary/aromatic N) is 2. The second-order valence-electron chi connectivity index (χ2n) is 4.03. The molecule has 1 aromatic carbocycles. The van der Waals surface area contributed by atoms with Crippen molar-refractivity contribution in [2.24, 2.45) is 0 Å². The van der Waals surface area contributed by atoms with Crippen molar-refractivity contribution >= 4 is 33.4 Å². The molecule has 0 spiro atoms. The molecular weight excluding hydrogens is 330 g/mol. The number of hydrogen-bond acceptors (Lipinski definition) is 2. The van der Waals surface area contributed by atoms with Crippen molar-refractivity contribution in [1.82, 2.24) is 14.9 Å². The number of aryl methyl sites for hydroxylation is 1. The molecule has 0 bridgehead atoms. The summed E-state index contributed by atoms with van der Waals surface area (Å²) in [4.78, 5) is 15.9. The zero-order valence-corrected chi connectivity index (χ0v) is 12.5. The fourth-order valence-corrected chi connectivity index (χ4v) is 2.25. The molecule has 0 aliphatic rings. The van der Waals surface area contributed by atoms with Crippen molar-refractivity contribution in [2.45, 2.75) is 13.0 Å². The van der Waals surface area contributed by atoms with Gasteiger partial charge in [0.2, 0.25) is 0 Å². The zero-order chi connectivity index (χ0) is 13.7. The van der Waals surface area contributed by atoms with Gasteiger partial charge in [0.15, 0.2) is 0 Å². The Balaban J connectivity index is 1.82. The van der Waals surface area contributed by atoms with Crippen LogP contribution in [0.2, 0.25) is 5.02 Å². The first kappa shape index (κ1) is 14.1. The number of halogens is 2. The van der Waals surface area contributed by atoms with Gasteiger partial charge < -0.3 is 9.88 Å². The summed E-state index contributed by atoms with van der Waals surface area (Å²) in [5, 5.41) is 3.42. The second-order valence-corrected chi connectivity index (χ2v) is 5.32. The van der Waals surface area contributed by atoms with Crippen LogP contribution in [0.15, 0.2) is 41.4 Å². The monoisotopic (exact) mass is 341 g/mol. The molecule has 0 aliphatic heterocycles. The third kappa shape index (κ3) is 4.08. The third-order valence-corrected chi connectivity index (χ3v) is 3.54. The Morgan fingerprint density at radius 3 is 3.05 bits per heavy atom. The molecule has 19 heavy (non-hydrogen) atoms. The molecule has 0 unspecified atom stereocenters. The molecule has 1 amide bonds. The van der Waals surface area contributed by atoms with Gasteiger partial charge >= 0.3 is 0 Å². The molecule has 1 aromatic heterocycles. The number of nitrogens with one attached hydrogen (secondary N) is 1. The van der Waals surface area contributed by atoms with Gasteiger partial charge in [-0.2, -0.15) is 0 Å². The Kier molecular flexibility index (Phi) is 4.99. The maximum atomic E-state index is 12.0. The highest BCUT2D eigenvalue weighted by Crippen LogP contribution is 2.20. The van der Waals surface area contributed by atoms with Crippen LogP contribution in [0.5, 0.6) is 0 Å². The normalized spacial score (nSPS) is 10.4. The summed E-state index contributed by atoms with van der Waals surface area (Å²) in [6.45, 7) is 1.44. The molecular formula is C13H13BrClN3O. The number of rotatable bonds is 5. The fraction of sp³-hybridized carbons (Fsp3) is 0.231. The highest BCUT2D eigenvalue weighted by molar-refractivity contribution is 9.10. The number of benzene rings is 1. The Hall–Kier alpha value is -1.33. The molecule has 0 saturated carbocycles. The van der Waals surface area contributed by atoms with Crippen molar-refractivity contribution < 1.29 is 4.79 Å². The van der Waals surface area contributed by atoms with Crippen LogP contribution in [0.1, 0.15) is 16.8 Å². The summed E-state index contributed by atoms with van der Waals surface area (Å²) in [7, 11) is 0. The Labute approximate surface area is 124 Å². The first-order valence-corrected chi connectivity index (χ1v) is 7.03. The van der Waals surface area contributed by atoms with E-state index in [0.29, 0.717) is 17.1 Å². The number of aromatic nitrogens is 2. The number of carbonyl (C=O) groups is 1. The van der Waals surface area contributed by atoms with Crippen LogP contribution in [-0.4, -0.2) is 22.0 Å². The van der Waals surface area contributed by atoms with Gasteiger partial charge in [-0.3, -0.25) is 4.79 Å². The molecule has 0 atom stereocenters. The summed E-state index contributed by atoms with van der Waals surface area (Å²) in [6.07, 6.45) is 6.24. The average molecular weight is 343 g/mol. The van der Waals surface area contributed by atoms with Crippen LogP contribution < -0.4 is 5.32 Å². The first-order chi connectivity index (χ1) is 9.16. The van der Waals surface area contributed by atoms with Crippen molar-refractivity contribution in [3.8, 4) is 0 Å². The molecule has 0 radical (unpaired) electrons. The predicted molar refractivity (Wildman–Crippen MR) is 78.3 cm³/mol. The molecule has 100 valence electrons. The van der Waals surface area contributed by atoms with E-state index in [1.807, 2.05) is 10.8 Å². The van der Waals surface area contributed by atoms with E-state index in [4.69, 9.17) is 11.6 Å². The standard InChI is InChI=1S/C13H13BrClN3O/c14-12-3-2-10(15)8-11(12)13(19)17-4-1-6-18-7-5-16-9-18/h2-3,5,7-9H,1,4,6H2,(H,17,19). The molecule has 0 aliphatic carbocycles. The maximum absolute atomic E-state index is 12.0. The fourth-order valence-electron chi connectivity index (χ4n) is 1.65. The van der Waals surface area contributed by atoms with Gasteiger partial charge in [0.25, 0.3) is 5.91 Å². The number of imidazole rings is 1. The number of hydrogen-bond donors (Lipinski definition) is 1. The van der Waals surface area contributed by atoms with Crippen LogP contribution in [-0.2, 0) is 6.54 Å². The van der Waals surface area contributed by atoms with Crippen molar-refractivity contribution in [1.29, 1.82) is 0 Å². The lowest BCUT2D eigenvalue weighted by Crippen LogP contribution is -2.25. The largest absolute Gasteiger partial charge is 0.352 e. The zero-order valence-electron chi connectivity index (χ0n) is 10.1. The van der Waals surface area contributed by atoms with Crippen LogP contribution in [0.3, 0.4) is 0 Å². The summed E-state index contributed by atoms with van der Waals surface area (Å²) in [5.41, 5.74) is 0.551. The third-order valence-electron chi connectivity index (χ3n) is 2.61. The van der Waals surface area contributed by atoms with Gasteiger partial charge in [-0.15, -0.1) is 0 Å². The topological polar surface area (TPSA) is 46.9 Å². The Morgan fingerprint density at radius 1 is 1.47 bits per heavy atom. The lowest BCUT2D eigenvalue weighted by molar-refractivity contribution is 0.0952. The van der Waals surface area contributed by atoms with Crippen molar-refractivity contribution in [3.63, 3.8) is 0 Å². The minimum Gasteiger partial charge on any atom is -0.352 e. The minimum atomic E-state index is -0.125.